The van der Waals surface area contributed by atoms with E-state index < -0.39 is 0 Å². The lowest BCUT2D eigenvalue weighted by atomic mass is 10.0. The second-order valence-electron chi connectivity index (χ2n) is 6.30. The number of carbonyl (C=O) groups excluding carboxylic acids is 1. The van der Waals surface area contributed by atoms with E-state index >= 15 is 0 Å². The van der Waals surface area contributed by atoms with Crippen molar-refractivity contribution in [2.75, 3.05) is 6.54 Å². The van der Waals surface area contributed by atoms with Crippen LogP contribution in [-0.4, -0.2) is 17.4 Å². The molecule has 0 saturated heterocycles. The normalized spacial score (nSPS) is 12.4. The number of benzene rings is 1. The van der Waals surface area contributed by atoms with Crippen molar-refractivity contribution < 1.29 is 9.21 Å². The van der Waals surface area contributed by atoms with Crippen molar-refractivity contribution in [2.24, 2.45) is 11.7 Å². The molecule has 1 aromatic carbocycles. The SMILES string of the molecule is Cc1ccc(CCNC(=O)c2coc(C(N)CC(C)C)n2)cc1. The highest BCUT2D eigenvalue weighted by Gasteiger charge is 2.17. The molecule has 1 unspecified atom stereocenters. The smallest absolute Gasteiger partial charge is 0.273 e. The molecule has 2 rings (SSSR count). The van der Waals surface area contributed by atoms with Gasteiger partial charge < -0.3 is 15.5 Å². The number of carbonyl (C=O) groups is 1. The number of hydrogen-bond donors (Lipinski definition) is 2. The summed E-state index contributed by atoms with van der Waals surface area (Å²) < 4.78 is 5.33. The third kappa shape index (κ3) is 5.21. The van der Waals surface area contributed by atoms with Crippen molar-refractivity contribution in [1.82, 2.24) is 10.3 Å². The van der Waals surface area contributed by atoms with E-state index in [1.807, 2.05) is 0 Å². The number of rotatable bonds is 7. The number of amides is 1. The Kier molecular flexibility index (Phi) is 5.93. The molecular formula is C18H25N3O2. The number of aromatic nitrogens is 1. The van der Waals surface area contributed by atoms with Crippen LogP contribution in [0.5, 0.6) is 0 Å². The van der Waals surface area contributed by atoms with Crippen LogP contribution in [0.15, 0.2) is 34.9 Å². The van der Waals surface area contributed by atoms with Crippen LogP contribution in [0.2, 0.25) is 0 Å². The fraction of sp³-hybridized carbons (Fsp3) is 0.444. The molecule has 5 heteroatoms. The van der Waals surface area contributed by atoms with Gasteiger partial charge in [-0.3, -0.25) is 4.79 Å². The number of nitrogens with zero attached hydrogens (tertiary/aromatic N) is 1. The summed E-state index contributed by atoms with van der Waals surface area (Å²) >= 11 is 0. The number of nitrogens with one attached hydrogen (secondary N) is 1. The van der Waals surface area contributed by atoms with Crippen LogP contribution in [0.1, 0.15) is 53.8 Å². The predicted molar refractivity (Wildman–Crippen MR) is 90.1 cm³/mol. The van der Waals surface area contributed by atoms with E-state index in [9.17, 15) is 4.79 Å². The molecule has 2 aromatic rings. The molecule has 23 heavy (non-hydrogen) atoms. The lowest BCUT2D eigenvalue weighted by molar-refractivity contribution is 0.0949. The van der Waals surface area contributed by atoms with Gasteiger partial charge in [0.15, 0.2) is 5.69 Å². The summed E-state index contributed by atoms with van der Waals surface area (Å²) in [5.41, 5.74) is 8.71. The molecule has 1 aromatic heterocycles. The molecule has 0 bridgehead atoms. The van der Waals surface area contributed by atoms with Crippen molar-refractivity contribution in [3.05, 3.63) is 53.2 Å². The third-order valence-corrected chi connectivity index (χ3v) is 3.62. The Morgan fingerprint density at radius 2 is 2.00 bits per heavy atom. The van der Waals surface area contributed by atoms with E-state index in [4.69, 9.17) is 10.2 Å². The highest BCUT2D eigenvalue weighted by Crippen LogP contribution is 2.18. The van der Waals surface area contributed by atoms with E-state index in [1.54, 1.807) is 0 Å². The van der Waals surface area contributed by atoms with Crippen LogP contribution >= 0.6 is 0 Å². The Hall–Kier alpha value is -2.14. The van der Waals surface area contributed by atoms with Gasteiger partial charge in [0.1, 0.15) is 6.26 Å². The maximum absolute atomic E-state index is 12.1. The van der Waals surface area contributed by atoms with Gasteiger partial charge in [0, 0.05) is 6.54 Å². The zero-order chi connectivity index (χ0) is 16.8. The molecule has 3 N–H and O–H groups in total. The summed E-state index contributed by atoms with van der Waals surface area (Å²) in [5.74, 6) is 0.634. The molecule has 0 saturated carbocycles. The topological polar surface area (TPSA) is 81.2 Å². The average Bonchev–Trinajstić information content (AvgIpc) is 2.98. The summed E-state index contributed by atoms with van der Waals surface area (Å²) in [7, 11) is 0. The van der Waals surface area contributed by atoms with Crippen molar-refractivity contribution in [3.63, 3.8) is 0 Å². The molecule has 124 valence electrons. The van der Waals surface area contributed by atoms with Gasteiger partial charge in [0.2, 0.25) is 5.89 Å². The van der Waals surface area contributed by atoms with Gasteiger partial charge >= 0.3 is 0 Å². The van der Waals surface area contributed by atoms with Crippen LogP contribution in [0.4, 0.5) is 0 Å². The van der Waals surface area contributed by atoms with Gasteiger partial charge in [-0.25, -0.2) is 4.98 Å². The zero-order valence-electron chi connectivity index (χ0n) is 14.0. The molecule has 0 aliphatic rings. The van der Waals surface area contributed by atoms with Crippen molar-refractivity contribution in [1.29, 1.82) is 0 Å². The molecule has 0 radical (unpaired) electrons. The van der Waals surface area contributed by atoms with E-state index in [1.165, 1.54) is 17.4 Å². The summed E-state index contributed by atoms with van der Waals surface area (Å²) in [6.45, 7) is 6.78. The van der Waals surface area contributed by atoms with Crippen LogP contribution in [0, 0.1) is 12.8 Å². The molecule has 0 spiro atoms. The first-order valence-electron chi connectivity index (χ1n) is 8.00. The molecule has 1 heterocycles. The Morgan fingerprint density at radius 3 is 2.65 bits per heavy atom. The molecule has 0 fully saturated rings. The number of hydrogen-bond acceptors (Lipinski definition) is 4. The first kappa shape index (κ1) is 17.2. The first-order valence-corrected chi connectivity index (χ1v) is 8.00. The molecule has 5 nitrogen and oxygen atoms in total. The number of aryl methyl sites for hydroxylation is 1. The Bertz CT molecular complexity index is 632. The zero-order valence-corrected chi connectivity index (χ0v) is 14.0. The van der Waals surface area contributed by atoms with Crippen molar-refractivity contribution in [2.45, 2.75) is 39.7 Å². The number of nitrogens with two attached hydrogens (primary N) is 1. The maximum atomic E-state index is 12.1. The van der Waals surface area contributed by atoms with E-state index in [-0.39, 0.29) is 17.6 Å². The molecule has 0 aliphatic carbocycles. The Morgan fingerprint density at radius 1 is 1.30 bits per heavy atom. The van der Waals surface area contributed by atoms with Gasteiger partial charge in [0.25, 0.3) is 5.91 Å². The van der Waals surface area contributed by atoms with Gasteiger partial charge in [-0.1, -0.05) is 43.7 Å². The summed E-state index contributed by atoms with van der Waals surface area (Å²) in [4.78, 5) is 16.3. The first-order chi connectivity index (χ1) is 11.0. The predicted octanol–water partition coefficient (Wildman–Crippen LogP) is 3.00. The highest BCUT2D eigenvalue weighted by molar-refractivity contribution is 5.91. The van der Waals surface area contributed by atoms with Crippen LogP contribution in [0.25, 0.3) is 0 Å². The Labute approximate surface area is 137 Å². The van der Waals surface area contributed by atoms with Gasteiger partial charge in [-0.05, 0) is 31.2 Å². The minimum absolute atomic E-state index is 0.233. The second kappa shape index (κ2) is 7.92. The second-order valence-corrected chi connectivity index (χ2v) is 6.30. The quantitative estimate of drug-likeness (QED) is 0.823. The summed E-state index contributed by atoms with van der Waals surface area (Å²) in [6.07, 6.45) is 2.93. The monoisotopic (exact) mass is 315 g/mol. The fourth-order valence-electron chi connectivity index (χ4n) is 2.34. The third-order valence-electron chi connectivity index (χ3n) is 3.62. The molecule has 1 amide bonds. The van der Waals surface area contributed by atoms with E-state index in [0.29, 0.717) is 18.4 Å². The van der Waals surface area contributed by atoms with Crippen LogP contribution in [-0.2, 0) is 6.42 Å². The minimum atomic E-state index is -0.274. The molecule has 0 aliphatic heterocycles. The largest absolute Gasteiger partial charge is 0.446 e. The average molecular weight is 315 g/mol. The highest BCUT2D eigenvalue weighted by atomic mass is 16.3. The fourth-order valence-corrected chi connectivity index (χ4v) is 2.34. The van der Waals surface area contributed by atoms with Gasteiger partial charge in [-0.2, -0.15) is 0 Å². The van der Waals surface area contributed by atoms with E-state index in [0.717, 1.165) is 12.8 Å². The van der Waals surface area contributed by atoms with Crippen molar-refractivity contribution >= 4 is 5.91 Å². The lowest BCUT2D eigenvalue weighted by Gasteiger charge is -2.09. The van der Waals surface area contributed by atoms with E-state index in [2.05, 4.69) is 55.3 Å². The summed E-state index contributed by atoms with van der Waals surface area (Å²) in [6, 6.07) is 8.00. The molecular weight excluding hydrogens is 290 g/mol. The van der Waals surface area contributed by atoms with Crippen molar-refractivity contribution in [3.8, 4) is 0 Å². The van der Waals surface area contributed by atoms with Crippen LogP contribution in [0.3, 0.4) is 0 Å². The standard InChI is InChI=1S/C18H25N3O2/c1-12(2)10-15(19)18-21-16(11-23-18)17(22)20-9-8-14-6-4-13(3)5-7-14/h4-7,11-12,15H,8-10,19H2,1-3H3,(H,20,22). The maximum Gasteiger partial charge on any atom is 0.273 e. The van der Waals surface area contributed by atoms with Gasteiger partial charge in [0.05, 0.1) is 6.04 Å². The summed E-state index contributed by atoms with van der Waals surface area (Å²) in [5, 5.41) is 2.85. The van der Waals surface area contributed by atoms with Gasteiger partial charge in [-0.15, -0.1) is 0 Å². The minimum Gasteiger partial charge on any atom is -0.446 e. The lowest BCUT2D eigenvalue weighted by Crippen LogP contribution is -2.26. The van der Waals surface area contributed by atoms with Crippen LogP contribution < -0.4 is 11.1 Å². The number of oxazole rings is 1. The Balaban J connectivity index is 1.84. The molecule has 1 atom stereocenters.